The Hall–Kier alpha value is -4.00. The zero-order valence-corrected chi connectivity index (χ0v) is 20.0. The summed E-state index contributed by atoms with van der Waals surface area (Å²) in [6.45, 7) is 0.547. The molecule has 0 spiro atoms. The van der Waals surface area contributed by atoms with Gasteiger partial charge in [-0.1, -0.05) is 30.3 Å². The number of nitrogens with one attached hydrogen (secondary N) is 3. The van der Waals surface area contributed by atoms with Crippen molar-refractivity contribution in [1.82, 2.24) is 5.32 Å². The molecular formula is C27H31N3O4. The standard InChI is InChI=1S/C27H31N3O4/c1-29-23-12-11-20(14-22(23)17-28)19-9-7-18(8-10-19)6-5-13-30-27(31)21-15-24(32-2)26(34-4)25(16-21)33-3/h7-12,14-17,28-29H,5-6,13H2,1-4H3,(H,30,31). The predicted molar refractivity (Wildman–Crippen MR) is 136 cm³/mol. The molecular weight excluding hydrogens is 430 g/mol. The van der Waals surface area contributed by atoms with Crippen LogP contribution in [0.2, 0.25) is 0 Å². The number of aryl methyl sites for hydroxylation is 1. The SMILES string of the molecule is CNc1ccc(-c2ccc(CCCNC(=O)c3cc(OC)c(OC)c(OC)c3)cc2)cc1C=N. The van der Waals surface area contributed by atoms with E-state index in [2.05, 4.69) is 34.9 Å². The smallest absolute Gasteiger partial charge is 0.251 e. The maximum Gasteiger partial charge on any atom is 0.251 e. The van der Waals surface area contributed by atoms with E-state index in [0.717, 1.165) is 35.2 Å². The Morgan fingerprint density at radius 1 is 0.912 bits per heavy atom. The molecule has 0 fully saturated rings. The van der Waals surface area contributed by atoms with Gasteiger partial charge in [-0.05, 0) is 53.8 Å². The molecule has 1 amide bonds. The third-order valence-electron chi connectivity index (χ3n) is 5.62. The van der Waals surface area contributed by atoms with Crippen molar-refractivity contribution in [2.45, 2.75) is 12.8 Å². The van der Waals surface area contributed by atoms with Gasteiger partial charge in [-0.2, -0.15) is 0 Å². The van der Waals surface area contributed by atoms with Crippen molar-refractivity contribution >= 4 is 17.8 Å². The van der Waals surface area contributed by atoms with E-state index < -0.39 is 0 Å². The predicted octanol–water partition coefficient (Wildman–Crippen LogP) is 4.78. The number of hydrogen-bond acceptors (Lipinski definition) is 6. The van der Waals surface area contributed by atoms with Gasteiger partial charge in [-0.25, -0.2) is 0 Å². The molecule has 0 aliphatic heterocycles. The monoisotopic (exact) mass is 461 g/mol. The summed E-state index contributed by atoms with van der Waals surface area (Å²) >= 11 is 0. The molecule has 0 unspecified atom stereocenters. The van der Waals surface area contributed by atoms with Gasteiger partial charge >= 0.3 is 0 Å². The van der Waals surface area contributed by atoms with E-state index in [-0.39, 0.29) is 5.91 Å². The minimum Gasteiger partial charge on any atom is -0.493 e. The lowest BCUT2D eigenvalue weighted by Gasteiger charge is -2.14. The maximum atomic E-state index is 12.6. The van der Waals surface area contributed by atoms with Crippen LogP contribution in [-0.4, -0.2) is 47.0 Å². The van der Waals surface area contributed by atoms with Crippen LogP contribution in [0.15, 0.2) is 54.6 Å². The first-order chi connectivity index (χ1) is 16.5. The average Bonchev–Trinajstić information content (AvgIpc) is 2.89. The lowest BCUT2D eigenvalue weighted by molar-refractivity contribution is 0.0952. The van der Waals surface area contributed by atoms with E-state index in [1.807, 2.05) is 25.2 Å². The minimum absolute atomic E-state index is 0.193. The zero-order chi connectivity index (χ0) is 24.5. The number of amides is 1. The molecule has 7 nitrogen and oxygen atoms in total. The fourth-order valence-electron chi connectivity index (χ4n) is 3.76. The van der Waals surface area contributed by atoms with E-state index in [1.165, 1.54) is 33.1 Å². The Bertz CT molecular complexity index is 1120. The highest BCUT2D eigenvalue weighted by atomic mass is 16.5. The van der Waals surface area contributed by atoms with E-state index in [9.17, 15) is 4.79 Å². The van der Waals surface area contributed by atoms with Crippen molar-refractivity contribution in [1.29, 1.82) is 5.41 Å². The molecule has 0 aromatic heterocycles. The summed E-state index contributed by atoms with van der Waals surface area (Å²) in [6, 6.07) is 17.7. The quantitative estimate of drug-likeness (QED) is 0.282. The molecule has 0 heterocycles. The second-order valence-corrected chi connectivity index (χ2v) is 7.67. The number of carbonyl (C=O) groups excluding carboxylic acids is 1. The third kappa shape index (κ3) is 5.67. The summed E-state index contributed by atoms with van der Waals surface area (Å²) in [6.07, 6.45) is 3.01. The number of anilines is 1. The molecule has 0 radical (unpaired) electrons. The van der Waals surface area contributed by atoms with Crippen molar-refractivity contribution in [3.8, 4) is 28.4 Å². The Kier molecular flexibility index (Phi) is 8.51. The summed E-state index contributed by atoms with van der Waals surface area (Å²) in [5.41, 5.74) is 5.61. The fourth-order valence-corrected chi connectivity index (χ4v) is 3.76. The lowest BCUT2D eigenvalue weighted by atomic mass is 10.00. The minimum atomic E-state index is -0.193. The Labute approximate surface area is 200 Å². The summed E-state index contributed by atoms with van der Waals surface area (Å²) < 4.78 is 15.9. The van der Waals surface area contributed by atoms with E-state index in [1.54, 1.807) is 12.1 Å². The molecule has 0 saturated heterocycles. The van der Waals surface area contributed by atoms with Crippen LogP contribution >= 0.6 is 0 Å². The summed E-state index contributed by atoms with van der Waals surface area (Å²) in [4.78, 5) is 12.6. The summed E-state index contributed by atoms with van der Waals surface area (Å²) in [5, 5.41) is 13.7. The van der Waals surface area contributed by atoms with Crippen LogP contribution in [0, 0.1) is 5.41 Å². The number of rotatable bonds is 11. The second-order valence-electron chi connectivity index (χ2n) is 7.67. The van der Waals surface area contributed by atoms with Crippen LogP contribution in [0.25, 0.3) is 11.1 Å². The van der Waals surface area contributed by atoms with E-state index in [0.29, 0.717) is 29.4 Å². The van der Waals surface area contributed by atoms with Crippen molar-refractivity contribution in [3.63, 3.8) is 0 Å². The number of benzene rings is 3. The highest BCUT2D eigenvalue weighted by molar-refractivity contribution is 5.95. The highest BCUT2D eigenvalue weighted by Crippen LogP contribution is 2.38. The topological polar surface area (TPSA) is 92.7 Å². The molecule has 3 N–H and O–H groups in total. The third-order valence-corrected chi connectivity index (χ3v) is 5.62. The highest BCUT2D eigenvalue weighted by Gasteiger charge is 2.16. The first kappa shape index (κ1) is 24.6. The Balaban J connectivity index is 1.56. The van der Waals surface area contributed by atoms with Crippen LogP contribution in [0.1, 0.15) is 27.9 Å². The van der Waals surface area contributed by atoms with Gasteiger partial charge in [0, 0.05) is 36.6 Å². The van der Waals surface area contributed by atoms with Gasteiger partial charge in [-0.15, -0.1) is 0 Å². The van der Waals surface area contributed by atoms with Crippen LogP contribution in [0.4, 0.5) is 5.69 Å². The fraction of sp³-hybridized carbons (Fsp3) is 0.259. The first-order valence-corrected chi connectivity index (χ1v) is 11.0. The summed E-state index contributed by atoms with van der Waals surface area (Å²) in [5.74, 6) is 1.15. The van der Waals surface area contributed by atoms with Crippen LogP contribution in [-0.2, 0) is 6.42 Å². The van der Waals surface area contributed by atoms with Gasteiger partial charge < -0.3 is 30.3 Å². The van der Waals surface area contributed by atoms with E-state index >= 15 is 0 Å². The molecule has 0 bridgehead atoms. The number of methoxy groups -OCH3 is 3. The molecule has 3 aromatic carbocycles. The normalized spacial score (nSPS) is 10.4. The molecule has 34 heavy (non-hydrogen) atoms. The van der Waals surface area contributed by atoms with Gasteiger partial charge in [-0.3, -0.25) is 4.79 Å². The van der Waals surface area contributed by atoms with Crippen molar-refractivity contribution in [2.24, 2.45) is 0 Å². The second kappa shape index (κ2) is 11.7. The van der Waals surface area contributed by atoms with Crippen LogP contribution < -0.4 is 24.8 Å². The van der Waals surface area contributed by atoms with Gasteiger partial charge in [0.2, 0.25) is 5.75 Å². The van der Waals surface area contributed by atoms with Crippen molar-refractivity contribution in [2.75, 3.05) is 40.2 Å². The largest absolute Gasteiger partial charge is 0.493 e. The average molecular weight is 462 g/mol. The molecule has 0 aliphatic carbocycles. The van der Waals surface area contributed by atoms with Gasteiger partial charge in [0.25, 0.3) is 5.91 Å². The maximum absolute atomic E-state index is 12.6. The molecule has 178 valence electrons. The van der Waals surface area contributed by atoms with Gasteiger partial charge in [0.15, 0.2) is 11.5 Å². The summed E-state index contributed by atoms with van der Waals surface area (Å²) in [7, 11) is 6.42. The molecule has 0 atom stereocenters. The van der Waals surface area contributed by atoms with Gasteiger partial charge in [0.1, 0.15) is 0 Å². The van der Waals surface area contributed by atoms with Crippen molar-refractivity contribution in [3.05, 3.63) is 71.3 Å². The molecule has 0 aliphatic rings. The van der Waals surface area contributed by atoms with Crippen molar-refractivity contribution < 1.29 is 19.0 Å². The molecule has 3 aromatic rings. The Morgan fingerprint density at radius 2 is 1.56 bits per heavy atom. The number of carbonyl (C=O) groups is 1. The molecule has 7 heteroatoms. The number of hydrogen-bond donors (Lipinski definition) is 3. The molecule has 3 rings (SSSR count). The first-order valence-electron chi connectivity index (χ1n) is 11.0. The number of ether oxygens (including phenoxy) is 3. The lowest BCUT2D eigenvalue weighted by Crippen LogP contribution is -2.24. The Morgan fingerprint density at radius 3 is 2.12 bits per heavy atom. The zero-order valence-electron chi connectivity index (χ0n) is 20.0. The van der Waals surface area contributed by atoms with Gasteiger partial charge in [0.05, 0.1) is 21.3 Å². The van der Waals surface area contributed by atoms with E-state index in [4.69, 9.17) is 19.6 Å². The van der Waals surface area contributed by atoms with Crippen LogP contribution in [0.3, 0.4) is 0 Å². The molecule has 0 saturated carbocycles. The van der Waals surface area contributed by atoms with Crippen LogP contribution in [0.5, 0.6) is 17.2 Å².